The van der Waals surface area contributed by atoms with Crippen LogP contribution in [-0.2, 0) is 4.74 Å². The topological polar surface area (TPSA) is 80.3 Å². The summed E-state index contributed by atoms with van der Waals surface area (Å²) in [5, 5.41) is 5.33. The number of anilines is 2. The third-order valence-corrected chi connectivity index (χ3v) is 3.01. The minimum atomic E-state index is -0.524. The van der Waals surface area contributed by atoms with Gasteiger partial charge in [-0.1, -0.05) is 0 Å². The summed E-state index contributed by atoms with van der Waals surface area (Å²) >= 11 is 0. The molecular weight excluding hydrogens is 294 g/mol. The molecule has 1 heterocycles. The van der Waals surface area contributed by atoms with E-state index in [4.69, 9.17) is 4.74 Å². The molecule has 0 aliphatic heterocycles. The summed E-state index contributed by atoms with van der Waals surface area (Å²) in [5.41, 5.74) is 2.90. The highest BCUT2D eigenvalue weighted by Gasteiger charge is 2.08. The molecule has 0 saturated carbocycles. The number of pyridine rings is 1. The van der Waals surface area contributed by atoms with Crippen LogP contribution in [0.25, 0.3) is 0 Å². The first kappa shape index (κ1) is 16.5. The molecule has 6 heteroatoms. The maximum Gasteiger partial charge on any atom is 0.411 e. The van der Waals surface area contributed by atoms with Crippen molar-refractivity contribution in [3.05, 3.63) is 53.2 Å². The van der Waals surface area contributed by atoms with Gasteiger partial charge in [-0.25, -0.2) is 9.78 Å². The van der Waals surface area contributed by atoms with Crippen molar-refractivity contribution in [2.24, 2.45) is 0 Å². The van der Waals surface area contributed by atoms with E-state index in [1.807, 2.05) is 26.0 Å². The van der Waals surface area contributed by atoms with Crippen molar-refractivity contribution in [3.63, 3.8) is 0 Å². The van der Waals surface area contributed by atoms with Crippen LogP contribution in [0.4, 0.5) is 16.3 Å². The highest BCUT2D eigenvalue weighted by Crippen LogP contribution is 2.13. The molecular formula is C17H19N3O3. The Morgan fingerprint density at radius 1 is 1.09 bits per heavy atom. The molecule has 0 spiro atoms. The van der Waals surface area contributed by atoms with E-state index in [1.54, 1.807) is 31.2 Å². The molecule has 0 aliphatic rings. The Morgan fingerprint density at radius 2 is 1.78 bits per heavy atom. The van der Waals surface area contributed by atoms with E-state index in [0.29, 0.717) is 23.7 Å². The maximum atomic E-state index is 12.2. The number of ether oxygens (including phenoxy) is 1. The van der Waals surface area contributed by atoms with Gasteiger partial charge in [-0.2, -0.15) is 0 Å². The van der Waals surface area contributed by atoms with E-state index in [1.165, 1.54) is 0 Å². The fourth-order valence-electron chi connectivity index (χ4n) is 2.08. The highest BCUT2D eigenvalue weighted by molar-refractivity contribution is 6.04. The first-order valence-electron chi connectivity index (χ1n) is 7.28. The second-order valence-electron chi connectivity index (χ2n) is 5.05. The van der Waals surface area contributed by atoms with Crippen LogP contribution < -0.4 is 10.6 Å². The number of nitrogens with zero attached hydrogens (tertiary/aromatic N) is 1. The van der Waals surface area contributed by atoms with E-state index in [0.717, 1.165) is 11.3 Å². The molecule has 0 saturated heterocycles. The molecule has 0 radical (unpaired) electrons. The van der Waals surface area contributed by atoms with E-state index >= 15 is 0 Å². The summed E-state index contributed by atoms with van der Waals surface area (Å²) in [6, 6.07) is 10.3. The Hall–Kier alpha value is -2.89. The Bertz CT molecular complexity index is 691. The van der Waals surface area contributed by atoms with Crippen LogP contribution in [-0.4, -0.2) is 23.6 Å². The lowest BCUT2D eigenvalue weighted by atomic mass is 10.2. The molecule has 23 heavy (non-hydrogen) atoms. The Kier molecular flexibility index (Phi) is 5.30. The van der Waals surface area contributed by atoms with Gasteiger partial charge in [0.15, 0.2) is 0 Å². The van der Waals surface area contributed by atoms with Crippen molar-refractivity contribution in [1.82, 2.24) is 4.98 Å². The zero-order valence-electron chi connectivity index (χ0n) is 13.3. The van der Waals surface area contributed by atoms with Crippen LogP contribution in [0, 0.1) is 13.8 Å². The van der Waals surface area contributed by atoms with Gasteiger partial charge in [-0.05, 0) is 62.7 Å². The summed E-state index contributed by atoms with van der Waals surface area (Å²) in [6.45, 7) is 5.85. The SMILES string of the molecule is CCOC(=O)Nc1ccc(C(=O)Nc2cc(C)cc(C)n2)cc1. The molecule has 0 aliphatic carbocycles. The van der Waals surface area contributed by atoms with Crippen molar-refractivity contribution < 1.29 is 14.3 Å². The molecule has 0 bridgehead atoms. The summed E-state index contributed by atoms with van der Waals surface area (Å²) in [5.74, 6) is 0.256. The average Bonchev–Trinajstić information content (AvgIpc) is 2.47. The van der Waals surface area contributed by atoms with Gasteiger partial charge in [0.1, 0.15) is 5.82 Å². The molecule has 6 nitrogen and oxygen atoms in total. The number of aryl methyl sites for hydroxylation is 2. The summed E-state index contributed by atoms with van der Waals surface area (Å²) < 4.78 is 4.79. The molecule has 1 aromatic heterocycles. The molecule has 120 valence electrons. The van der Waals surface area contributed by atoms with Crippen molar-refractivity contribution in [2.75, 3.05) is 17.2 Å². The Morgan fingerprint density at radius 3 is 2.39 bits per heavy atom. The minimum Gasteiger partial charge on any atom is -0.450 e. The van der Waals surface area contributed by atoms with Crippen molar-refractivity contribution in [1.29, 1.82) is 0 Å². The van der Waals surface area contributed by atoms with Crippen LogP contribution in [0.5, 0.6) is 0 Å². The summed E-state index contributed by atoms with van der Waals surface area (Å²) in [4.78, 5) is 27.8. The van der Waals surface area contributed by atoms with E-state index in [9.17, 15) is 9.59 Å². The Balaban J connectivity index is 2.03. The van der Waals surface area contributed by atoms with E-state index in [-0.39, 0.29) is 5.91 Å². The standard InChI is InChI=1S/C17H19N3O3/c1-4-23-17(22)19-14-7-5-13(6-8-14)16(21)20-15-10-11(2)9-12(3)18-15/h5-10H,4H2,1-3H3,(H,19,22)(H,18,20,21). The monoisotopic (exact) mass is 313 g/mol. The fourth-order valence-corrected chi connectivity index (χ4v) is 2.08. The lowest BCUT2D eigenvalue weighted by Gasteiger charge is -2.08. The van der Waals surface area contributed by atoms with Crippen LogP contribution in [0.1, 0.15) is 28.5 Å². The highest BCUT2D eigenvalue weighted by atomic mass is 16.5. The van der Waals surface area contributed by atoms with Crippen molar-refractivity contribution >= 4 is 23.5 Å². The summed E-state index contributed by atoms with van der Waals surface area (Å²) in [6.07, 6.45) is -0.524. The van der Waals surface area contributed by atoms with Gasteiger partial charge < -0.3 is 10.1 Å². The third-order valence-electron chi connectivity index (χ3n) is 3.01. The molecule has 0 fully saturated rings. The van der Waals surface area contributed by atoms with Crippen molar-refractivity contribution in [3.8, 4) is 0 Å². The molecule has 2 N–H and O–H groups in total. The predicted molar refractivity (Wildman–Crippen MR) is 88.8 cm³/mol. The quantitative estimate of drug-likeness (QED) is 0.905. The number of benzene rings is 1. The maximum absolute atomic E-state index is 12.2. The fraction of sp³-hybridized carbons (Fsp3) is 0.235. The third kappa shape index (κ3) is 4.81. The smallest absolute Gasteiger partial charge is 0.411 e. The number of aromatic nitrogens is 1. The number of amides is 2. The second-order valence-corrected chi connectivity index (χ2v) is 5.05. The molecule has 0 unspecified atom stereocenters. The largest absolute Gasteiger partial charge is 0.450 e. The number of hydrogen-bond acceptors (Lipinski definition) is 4. The molecule has 0 atom stereocenters. The van der Waals surface area contributed by atoms with Gasteiger partial charge in [0, 0.05) is 16.9 Å². The van der Waals surface area contributed by atoms with Crippen LogP contribution in [0.15, 0.2) is 36.4 Å². The zero-order valence-corrected chi connectivity index (χ0v) is 13.3. The minimum absolute atomic E-state index is 0.259. The van der Waals surface area contributed by atoms with E-state index < -0.39 is 6.09 Å². The number of rotatable bonds is 4. The first-order chi connectivity index (χ1) is 11.0. The van der Waals surface area contributed by atoms with E-state index in [2.05, 4.69) is 15.6 Å². The number of carbonyl (C=O) groups excluding carboxylic acids is 2. The lowest BCUT2D eigenvalue weighted by molar-refractivity contribution is 0.102. The molecule has 1 aromatic carbocycles. The molecule has 2 rings (SSSR count). The molecule has 2 amide bonds. The van der Waals surface area contributed by atoms with Crippen molar-refractivity contribution in [2.45, 2.75) is 20.8 Å². The number of hydrogen-bond donors (Lipinski definition) is 2. The van der Waals surface area contributed by atoms with Gasteiger partial charge in [-0.3, -0.25) is 10.1 Å². The first-order valence-corrected chi connectivity index (χ1v) is 7.28. The van der Waals surface area contributed by atoms with Gasteiger partial charge in [0.05, 0.1) is 6.61 Å². The average molecular weight is 313 g/mol. The van der Waals surface area contributed by atoms with Crippen LogP contribution in [0.2, 0.25) is 0 Å². The lowest BCUT2D eigenvalue weighted by Crippen LogP contribution is -2.15. The Labute approximate surface area is 134 Å². The number of carbonyl (C=O) groups is 2. The number of nitrogens with one attached hydrogen (secondary N) is 2. The zero-order chi connectivity index (χ0) is 16.8. The van der Waals surface area contributed by atoms with Gasteiger partial charge in [0.25, 0.3) is 5.91 Å². The second kappa shape index (κ2) is 7.40. The molecule has 2 aromatic rings. The normalized spacial score (nSPS) is 10.0. The van der Waals surface area contributed by atoms with Gasteiger partial charge in [0.2, 0.25) is 0 Å². The van der Waals surface area contributed by atoms with Gasteiger partial charge >= 0.3 is 6.09 Å². The van der Waals surface area contributed by atoms with Crippen LogP contribution in [0.3, 0.4) is 0 Å². The van der Waals surface area contributed by atoms with Crippen LogP contribution >= 0.6 is 0 Å². The summed E-state index contributed by atoms with van der Waals surface area (Å²) in [7, 11) is 0. The predicted octanol–water partition coefficient (Wildman–Crippen LogP) is 3.52. The van der Waals surface area contributed by atoms with Gasteiger partial charge in [-0.15, -0.1) is 0 Å².